The van der Waals surface area contributed by atoms with Gasteiger partial charge < -0.3 is 10.1 Å². The Labute approximate surface area is 200 Å². The number of anilines is 1. The lowest BCUT2D eigenvalue weighted by atomic mass is 9.89. The number of benzene rings is 1. The van der Waals surface area contributed by atoms with Crippen molar-refractivity contribution in [3.8, 4) is 5.75 Å². The Balaban J connectivity index is 1.33. The second-order valence-corrected chi connectivity index (χ2v) is 11.0. The van der Waals surface area contributed by atoms with Crippen LogP contribution in [0.4, 0.5) is 5.69 Å². The number of nitrogens with zero attached hydrogens (tertiary/aromatic N) is 4. The zero-order chi connectivity index (χ0) is 22.5. The highest BCUT2D eigenvalue weighted by Gasteiger charge is 2.32. The maximum atomic E-state index is 12.7. The standard InChI is InChI=1S/C24H25N5O2S2/c1-13-7-10-15-18(11-13)33-23-20(15)22-27-28-24(29(22)21(26-23)14-8-9-14)32-12-19(30)25-16-5-3-4-6-17(16)31-2/h3-6,13-14H,7-12H2,1-2H3,(H,25,30)/t13-/m1/s1. The Morgan fingerprint density at radius 1 is 1.27 bits per heavy atom. The predicted molar refractivity (Wildman–Crippen MR) is 132 cm³/mol. The summed E-state index contributed by atoms with van der Waals surface area (Å²) >= 11 is 3.24. The predicted octanol–water partition coefficient (Wildman–Crippen LogP) is 5.08. The maximum absolute atomic E-state index is 12.7. The third-order valence-electron chi connectivity index (χ3n) is 6.45. The number of amides is 1. The molecule has 2 aliphatic rings. The number of fused-ring (bicyclic) bond motifs is 5. The van der Waals surface area contributed by atoms with Crippen molar-refractivity contribution in [2.75, 3.05) is 18.2 Å². The van der Waals surface area contributed by atoms with Crippen molar-refractivity contribution in [2.24, 2.45) is 5.92 Å². The van der Waals surface area contributed by atoms with Gasteiger partial charge in [-0.25, -0.2) is 4.98 Å². The molecule has 0 bridgehead atoms. The highest BCUT2D eigenvalue weighted by atomic mass is 32.2. The van der Waals surface area contributed by atoms with Crippen LogP contribution in [0.25, 0.3) is 15.9 Å². The number of aromatic nitrogens is 4. The normalized spacial score (nSPS) is 17.9. The Kier molecular flexibility index (Phi) is 5.25. The minimum Gasteiger partial charge on any atom is -0.495 e. The first-order valence-corrected chi connectivity index (χ1v) is 13.2. The van der Waals surface area contributed by atoms with Gasteiger partial charge >= 0.3 is 0 Å². The molecule has 2 aliphatic carbocycles. The van der Waals surface area contributed by atoms with E-state index in [9.17, 15) is 4.79 Å². The maximum Gasteiger partial charge on any atom is 0.234 e. The molecule has 4 aromatic rings. The molecule has 7 nitrogen and oxygen atoms in total. The summed E-state index contributed by atoms with van der Waals surface area (Å²) in [5.74, 6) is 2.98. The molecule has 0 unspecified atom stereocenters. The number of nitrogens with one attached hydrogen (secondary N) is 1. The summed E-state index contributed by atoms with van der Waals surface area (Å²) in [5, 5.41) is 14.0. The molecule has 33 heavy (non-hydrogen) atoms. The fourth-order valence-electron chi connectivity index (χ4n) is 4.61. The summed E-state index contributed by atoms with van der Waals surface area (Å²) in [4.78, 5) is 20.4. The van der Waals surface area contributed by atoms with Crippen molar-refractivity contribution in [1.82, 2.24) is 19.6 Å². The second-order valence-electron chi connectivity index (χ2n) is 8.95. The molecule has 9 heteroatoms. The molecule has 1 saturated carbocycles. The third kappa shape index (κ3) is 3.77. The average Bonchev–Trinajstić information content (AvgIpc) is 3.47. The number of carbonyl (C=O) groups is 1. The zero-order valence-corrected chi connectivity index (χ0v) is 20.3. The largest absolute Gasteiger partial charge is 0.495 e. The third-order valence-corrected chi connectivity index (χ3v) is 8.53. The fourth-order valence-corrected chi connectivity index (χ4v) is 6.74. The molecule has 3 aromatic heterocycles. The van der Waals surface area contributed by atoms with Crippen LogP contribution in [0.5, 0.6) is 5.75 Å². The molecule has 6 rings (SSSR count). The van der Waals surface area contributed by atoms with Gasteiger partial charge in [-0.3, -0.25) is 9.20 Å². The lowest BCUT2D eigenvalue weighted by Gasteiger charge is -2.17. The molecule has 1 amide bonds. The number of thioether (sulfide) groups is 1. The average molecular weight is 480 g/mol. The van der Waals surface area contributed by atoms with Crippen LogP contribution >= 0.6 is 23.1 Å². The summed E-state index contributed by atoms with van der Waals surface area (Å²) in [6.45, 7) is 2.33. The van der Waals surface area contributed by atoms with E-state index in [0.29, 0.717) is 17.4 Å². The van der Waals surface area contributed by atoms with E-state index in [1.54, 1.807) is 7.11 Å². The molecule has 0 spiro atoms. The van der Waals surface area contributed by atoms with Crippen LogP contribution in [0, 0.1) is 5.92 Å². The summed E-state index contributed by atoms with van der Waals surface area (Å²) in [6, 6.07) is 7.41. The monoisotopic (exact) mass is 479 g/mol. The van der Waals surface area contributed by atoms with Crippen LogP contribution in [0.15, 0.2) is 29.4 Å². The summed E-state index contributed by atoms with van der Waals surface area (Å²) < 4.78 is 7.45. The van der Waals surface area contributed by atoms with Gasteiger partial charge in [-0.05, 0) is 55.7 Å². The number of hydrogen-bond donors (Lipinski definition) is 1. The van der Waals surface area contributed by atoms with E-state index in [-0.39, 0.29) is 11.7 Å². The minimum atomic E-state index is -0.106. The molecule has 1 aromatic carbocycles. The van der Waals surface area contributed by atoms with E-state index in [0.717, 1.165) is 53.1 Å². The smallest absolute Gasteiger partial charge is 0.234 e. The first-order chi connectivity index (χ1) is 16.1. The van der Waals surface area contributed by atoms with E-state index in [1.165, 1.54) is 34.0 Å². The van der Waals surface area contributed by atoms with Gasteiger partial charge in [0.2, 0.25) is 5.91 Å². The SMILES string of the molecule is COc1ccccc1NC(=O)CSc1nnc2c3c4c(sc3nc(C3CC3)n12)C[C@H](C)CC4. The summed E-state index contributed by atoms with van der Waals surface area (Å²) in [5.41, 5.74) is 2.98. The topological polar surface area (TPSA) is 81.4 Å². The molecule has 0 radical (unpaired) electrons. The van der Waals surface area contributed by atoms with Crippen molar-refractivity contribution in [2.45, 2.75) is 50.1 Å². The van der Waals surface area contributed by atoms with Gasteiger partial charge in [-0.2, -0.15) is 0 Å². The van der Waals surface area contributed by atoms with Crippen molar-refractivity contribution in [1.29, 1.82) is 0 Å². The molecule has 1 N–H and O–H groups in total. The number of carbonyl (C=O) groups excluding carboxylic acids is 1. The van der Waals surface area contributed by atoms with Gasteiger partial charge in [-0.15, -0.1) is 21.5 Å². The molecule has 0 saturated heterocycles. The number of ether oxygens (including phenoxy) is 1. The first kappa shape index (κ1) is 20.9. The Bertz CT molecular complexity index is 1370. The van der Waals surface area contributed by atoms with Crippen LogP contribution < -0.4 is 10.1 Å². The highest BCUT2D eigenvalue weighted by molar-refractivity contribution is 7.99. The van der Waals surface area contributed by atoms with Crippen molar-refractivity contribution >= 4 is 50.6 Å². The van der Waals surface area contributed by atoms with Crippen LogP contribution in [-0.2, 0) is 17.6 Å². The number of rotatable bonds is 6. The van der Waals surface area contributed by atoms with Gasteiger partial charge in [0.25, 0.3) is 0 Å². The van der Waals surface area contributed by atoms with E-state index < -0.39 is 0 Å². The number of hydrogen-bond acceptors (Lipinski definition) is 7. The Morgan fingerprint density at radius 2 is 2.12 bits per heavy atom. The first-order valence-electron chi connectivity index (χ1n) is 11.4. The summed E-state index contributed by atoms with van der Waals surface area (Å²) in [7, 11) is 1.60. The fraction of sp³-hybridized carbons (Fsp3) is 0.417. The lowest BCUT2D eigenvalue weighted by Crippen LogP contribution is -2.15. The number of thiophene rings is 1. The lowest BCUT2D eigenvalue weighted by molar-refractivity contribution is -0.113. The number of aryl methyl sites for hydroxylation is 1. The summed E-state index contributed by atoms with van der Waals surface area (Å²) in [6.07, 6.45) is 5.69. The Morgan fingerprint density at radius 3 is 2.94 bits per heavy atom. The molecule has 1 atom stereocenters. The quantitative estimate of drug-likeness (QED) is 0.389. The van der Waals surface area contributed by atoms with Gasteiger partial charge in [0.1, 0.15) is 16.4 Å². The van der Waals surface area contributed by atoms with Gasteiger partial charge in [-0.1, -0.05) is 30.8 Å². The van der Waals surface area contributed by atoms with Crippen LogP contribution in [0.3, 0.4) is 0 Å². The molecule has 170 valence electrons. The van der Waals surface area contributed by atoms with Crippen molar-refractivity contribution < 1.29 is 9.53 Å². The van der Waals surface area contributed by atoms with E-state index >= 15 is 0 Å². The Hall–Kier alpha value is -2.65. The van der Waals surface area contributed by atoms with Crippen LogP contribution in [0.2, 0.25) is 0 Å². The van der Waals surface area contributed by atoms with Gasteiger partial charge in [0.05, 0.1) is 23.9 Å². The van der Waals surface area contributed by atoms with E-state index in [1.807, 2.05) is 35.6 Å². The van der Waals surface area contributed by atoms with E-state index in [4.69, 9.17) is 9.72 Å². The molecule has 0 aliphatic heterocycles. The molecular weight excluding hydrogens is 454 g/mol. The second kappa shape index (κ2) is 8.29. The van der Waals surface area contributed by atoms with Gasteiger partial charge in [0, 0.05) is 10.8 Å². The van der Waals surface area contributed by atoms with Crippen LogP contribution in [-0.4, -0.2) is 38.4 Å². The van der Waals surface area contributed by atoms with Crippen molar-refractivity contribution in [3.05, 3.63) is 40.5 Å². The molecule has 3 heterocycles. The molecular formula is C24H25N5O2S2. The zero-order valence-electron chi connectivity index (χ0n) is 18.6. The van der Waals surface area contributed by atoms with Crippen molar-refractivity contribution in [3.63, 3.8) is 0 Å². The number of methoxy groups -OCH3 is 1. The highest BCUT2D eigenvalue weighted by Crippen LogP contribution is 2.44. The van der Waals surface area contributed by atoms with Crippen LogP contribution in [0.1, 0.15) is 48.4 Å². The number of para-hydroxylation sites is 2. The van der Waals surface area contributed by atoms with E-state index in [2.05, 4.69) is 26.8 Å². The molecule has 1 fully saturated rings. The van der Waals surface area contributed by atoms with Gasteiger partial charge in [0.15, 0.2) is 10.8 Å². The minimum absolute atomic E-state index is 0.106.